The lowest BCUT2D eigenvalue weighted by Gasteiger charge is -2.27. The van der Waals surface area contributed by atoms with Gasteiger partial charge in [0.05, 0.1) is 17.3 Å². The number of alkyl halides is 1. The van der Waals surface area contributed by atoms with Crippen molar-refractivity contribution < 1.29 is 4.39 Å². The van der Waals surface area contributed by atoms with Crippen molar-refractivity contribution in [2.75, 3.05) is 13.1 Å². The van der Waals surface area contributed by atoms with Crippen LogP contribution in [0, 0.1) is 0 Å². The fraction of sp³-hybridized carbons (Fsp3) is 0.556. The topological polar surface area (TPSA) is 46.9 Å². The Labute approximate surface area is 101 Å². The third-order valence-corrected chi connectivity index (χ3v) is 3.34. The predicted molar refractivity (Wildman–Crippen MR) is 59.9 cm³/mol. The lowest BCUT2D eigenvalue weighted by atomic mass is 10.1. The second kappa shape index (κ2) is 4.69. The summed E-state index contributed by atoms with van der Waals surface area (Å²) in [6.07, 6.45) is 0.628. The fourth-order valence-electron chi connectivity index (χ4n) is 1.74. The van der Waals surface area contributed by atoms with Crippen molar-refractivity contribution in [3.63, 3.8) is 0 Å². The highest BCUT2D eigenvalue weighted by Crippen LogP contribution is 2.21. The Morgan fingerprint density at radius 3 is 3.00 bits per heavy atom. The minimum atomic E-state index is -1.14. The molecule has 16 heavy (non-hydrogen) atoms. The highest BCUT2D eigenvalue weighted by atomic mass is 35.5. The van der Waals surface area contributed by atoms with E-state index < -0.39 is 17.8 Å². The lowest BCUT2D eigenvalue weighted by Crippen LogP contribution is -2.43. The molecule has 0 spiro atoms. The Hall–Kier alpha value is -0.650. The molecule has 1 aliphatic rings. The Morgan fingerprint density at radius 2 is 2.31 bits per heavy atom. The second-order valence-corrected chi connectivity index (χ2v) is 4.42. The molecule has 0 radical (unpaired) electrons. The number of aromatic nitrogens is 2. The lowest BCUT2D eigenvalue weighted by molar-refractivity contribution is 0.168. The van der Waals surface area contributed by atoms with Crippen molar-refractivity contribution in [2.24, 2.45) is 0 Å². The molecule has 1 aromatic heterocycles. The molecular formula is C9H10Cl2FN3O. The van der Waals surface area contributed by atoms with Crippen LogP contribution < -0.4 is 10.9 Å². The minimum absolute atomic E-state index is 0.0901. The van der Waals surface area contributed by atoms with E-state index in [0.29, 0.717) is 13.0 Å². The molecule has 0 unspecified atom stereocenters. The zero-order valence-electron chi connectivity index (χ0n) is 8.29. The maximum atomic E-state index is 13.6. The van der Waals surface area contributed by atoms with E-state index in [2.05, 4.69) is 10.4 Å². The molecule has 1 saturated heterocycles. The maximum Gasteiger partial charge on any atom is 0.287 e. The maximum absolute atomic E-state index is 13.6. The first kappa shape index (κ1) is 11.8. The number of hydrogen-bond donors (Lipinski definition) is 1. The molecular weight excluding hydrogens is 256 g/mol. The van der Waals surface area contributed by atoms with Crippen LogP contribution in [0.2, 0.25) is 10.0 Å². The second-order valence-electron chi connectivity index (χ2n) is 3.63. The average Bonchev–Trinajstić information content (AvgIpc) is 2.28. The highest BCUT2D eigenvalue weighted by Gasteiger charge is 2.28. The molecule has 1 fully saturated rings. The summed E-state index contributed by atoms with van der Waals surface area (Å²) in [5, 5.41) is 6.72. The minimum Gasteiger partial charge on any atom is -0.314 e. The van der Waals surface area contributed by atoms with Gasteiger partial charge in [0.1, 0.15) is 11.2 Å². The summed E-state index contributed by atoms with van der Waals surface area (Å²) in [6.45, 7) is 0.873. The van der Waals surface area contributed by atoms with Gasteiger partial charge in [0.15, 0.2) is 0 Å². The molecule has 1 N–H and O–H groups in total. The number of nitrogens with one attached hydrogen (secondary N) is 1. The first-order valence-electron chi connectivity index (χ1n) is 4.89. The third-order valence-electron chi connectivity index (χ3n) is 2.59. The molecule has 0 saturated carbocycles. The van der Waals surface area contributed by atoms with Crippen LogP contribution in [0.5, 0.6) is 0 Å². The molecule has 88 valence electrons. The van der Waals surface area contributed by atoms with Gasteiger partial charge >= 0.3 is 0 Å². The van der Waals surface area contributed by atoms with Gasteiger partial charge in [-0.2, -0.15) is 5.10 Å². The Balaban J connectivity index is 2.40. The summed E-state index contributed by atoms with van der Waals surface area (Å²) >= 11 is 11.4. The van der Waals surface area contributed by atoms with Crippen LogP contribution in [0.3, 0.4) is 0 Å². The summed E-state index contributed by atoms with van der Waals surface area (Å²) in [5.74, 6) is 0. The predicted octanol–water partition coefficient (Wildman–Crippen LogP) is 1.42. The largest absolute Gasteiger partial charge is 0.314 e. The van der Waals surface area contributed by atoms with Crippen molar-refractivity contribution in [1.82, 2.24) is 15.1 Å². The van der Waals surface area contributed by atoms with Gasteiger partial charge in [0.25, 0.3) is 5.56 Å². The van der Waals surface area contributed by atoms with Crippen LogP contribution in [0.15, 0.2) is 11.0 Å². The van der Waals surface area contributed by atoms with Gasteiger partial charge in [-0.3, -0.25) is 4.79 Å². The molecule has 2 atom stereocenters. The summed E-state index contributed by atoms with van der Waals surface area (Å²) in [5.41, 5.74) is -0.538. The van der Waals surface area contributed by atoms with Gasteiger partial charge in [-0.25, -0.2) is 9.07 Å². The van der Waals surface area contributed by atoms with E-state index in [4.69, 9.17) is 23.2 Å². The van der Waals surface area contributed by atoms with E-state index in [1.54, 1.807) is 0 Å². The zero-order valence-corrected chi connectivity index (χ0v) is 9.80. The third kappa shape index (κ3) is 2.07. The zero-order chi connectivity index (χ0) is 11.7. The fourth-order valence-corrected chi connectivity index (χ4v) is 2.00. The van der Waals surface area contributed by atoms with E-state index in [0.717, 1.165) is 4.68 Å². The molecule has 1 aliphatic heterocycles. The van der Waals surface area contributed by atoms with Crippen molar-refractivity contribution >= 4 is 23.2 Å². The summed E-state index contributed by atoms with van der Waals surface area (Å²) in [4.78, 5) is 11.7. The first-order chi connectivity index (χ1) is 7.61. The van der Waals surface area contributed by atoms with Gasteiger partial charge in [0.2, 0.25) is 0 Å². The molecule has 0 bridgehead atoms. The molecule has 0 aromatic carbocycles. The Morgan fingerprint density at radius 1 is 1.56 bits per heavy atom. The molecule has 1 aromatic rings. The molecule has 7 heteroatoms. The number of piperidine rings is 1. The molecule has 0 aliphatic carbocycles. The van der Waals surface area contributed by atoms with E-state index in [1.165, 1.54) is 6.20 Å². The monoisotopic (exact) mass is 265 g/mol. The number of hydrogen-bond acceptors (Lipinski definition) is 3. The van der Waals surface area contributed by atoms with Crippen molar-refractivity contribution in [3.05, 3.63) is 26.6 Å². The van der Waals surface area contributed by atoms with Gasteiger partial charge in [-0.1, -0.05) is 23.2 Å². The van der Waals surface area contributed by atoms with Crippen LogP contribution in [-0.2, 0) is 0 Å². The first-order valence-corrected chi connectivity index (χ1v) is 5.64. The summed E-state index contributed by atoms with van der Waals surface area (Å²) in [6, 6.07) is -0.566. The SMILES string of the molecule is O=c1c(Cl)c(Cl)cnn1[C@H]1CCNC[C@H]1F. The highest BCUT2D eigenvalue weighted by molar-refractivity contribution is 6.41. The van der Waals surface area contributed by atoms with Gasteiger partial charge in [-0.05, 0) is 13.0 Å². The Kier molecular flexibility index (Phi) is 3.47. The number of halogens is 3. The van der Waals surface area contributed by atoms with Crippen molar-refractivity contribution in [3.8, 4) is 0 Å². The van der Waals surface area contributed by atoms with Crippen molar-refractivity contribution in [1.29, 1.82) is 0 Å². The normalized spacial score (nSPS) is 25.7. The quantitative estimate of drug-likeness (QED) is 0.836. The number of nitrogens with zero attached hydrogens (tertiary/aromatic N) is 2. The van der Waals surface area contributed by atoms with E-state index >= 15 is 0 Å². The van der Waals surface area contributed by atoms with E-state index in [-0.39, 0.29) is 16.6 Å². The average molecular weight is 266 g/mol. The Bertz CT molecular complexity index is 451. The van der Waals surface area contributed by atoms with E-state index in [9.17, 15) is 9.18 Å². The molecule has 0 amide bonds. The van der Waals surface area contributed by atoms with Gasteiger partial charge < -0.3 is 5.32 Å². The van der Waals surface area contributed by atoms with Crippen LogP contribution in [-0.4, -0.2) is 29.0 Å². The molecule has 2 heterocycles. The summed E-state index contributed by atoms with van der Waals surface area (Å²) < 4.78 is 14.7. The molecule has 2 rings (SSSR count). The van der Waals surface area contributed by atoms with E-state index in [1.807, 2.05) is 0 Å². The number of rotatable bonds is 1. The van der Waals surface area contributed by atoms with Crippen LogP contribution in [0.25, 0.3) is 0 Å². The van der Waals surface area contributed by atoms with Crippen LogP contribution in [0.1, 0.15) is 12.5 Å². The van der Waals surface area contributed by atoms with Gasteiger partial charge in [-0.15, -0.1) is 0 Å². The smallest absolute Gasteiger partial charge is 0.287 e. The summed E-state index contributed by atoms with van der Waals surface area (Å²) in [7, 11) is 0. The van der Waals surface area contributed by atoms with Crippen LogP contribution in [0.4, 0.5) is 4.39 Å². The van der Waals surface area contributed by atoms with Crippen molar-refractivity contribution in [2.45, 2.75) is 18.6 Å². The van der Waals surface area contributed by atoms with Gasteiger partial charge in [0, 0.05) is 6.54 Å². The van der Waals surface area contributed by atoms with Crippen LogP contribution >= 0.6 is 23.2 Å². The standard InChI is InChI=1S/C9H10Cl2FN3O/c10-5-3-14-15(9(16)8(5)11)7-1-2-13-4-6(7)12/h3,6-7,13H,1-2,4H2/t6-,7+/m1/s1. The molecule has 4 nitrogen and oxygen atoms in total.